The molecule has 21 heavy (non-hydrogen) atoms. The van der Waals surface area contributed by atoms with E-state index in [1.165, 1.54) is 32.1 Å². The molecule has 0 radical (unpaired) electrons. The van der Waals surface area contributed by atoms with Crippen molar-refractivity contribution in [1.82, 2.24) is 4.90 Å². The van der Waals surface area contributed by atoms with Crippen molar-refractivity contribution in [2.45, 2.75) is 38.7 Å². The first-order chi connectivity index (χ1) is 10.3. The minimum Gasteiger partial charge on any atom is -0.367 e. The van der Waals surface area contributed by atoms with E-state index >= 15 is 0 Å². The number of carbonyl (C=O) groups is 1. The molecule has 1 saturated heterocycles. The smallest absolute Gasteiger partial charge is 0.248 e. The number of hydrogen-bond donors (Lipinski definition) is 0. The van der Waals surface area contributed by atoms with Crippen LogP contribution in [0.15, 0.2) is 30.3 Å². The summed E-state index contributed by atoms with van der Waals surface area (Å²) >= 11 is 0. The Balaban J connectivity index is 1.40. The van der Waals surface area contributed by atoms with E-state index in [9.17, 15) is 4.79 Å². The van der Waals surface area contributed by atoms with Gasteiger partial charge in [-0.05, 0) is 23.8 Å². The zero-order valence-electron chi connectivity index (χ0n) is 12.7. The molecule has 0 bridgehead atoms. The third kappa shape index (κ3) is 3.85. The molecule has 1 saturated carbocycles. The zero-order chi connectivity index (χ0) is 14.5. The molecule has 1 aromatic carbocycles. The Hall–Kier alpha value is -1.35. The molecule has 1 atom stereocenters. The number of benzene rings is 1. The van der Waals surface area contributed by atoms with Crippen LogP contribution in [0, 0.1) is 11.8 Å². The Morgan fingerprint density at radius 3 is 2.62 bits per heavy atom. The Bertz CT molecular complexity index is 454. The summed E-state index contributed by atoms with van der Waals surface area (Å²) in [6, 6.07) is 10.0. The SMILES string of the molecule is O=C(COCc1ccccc1)N1CCC(C2CCCC2)C1. The van der Waals surface area contributed by atoms with Gasteiger partial charge in [-0.25, -0.2) is 0 Å². The van der Waals surface area contributed by atoms with Crippen LogP contribution in [-0.2, 0) is 16.1 Å². The molecule has 3 heteroatoms. The Morgan fingerprint density at radius 2 is 1.86 bits per heavy atom. The fraction of sp³-hybridized carbons (Fsp3) is 0.611. The van der Waals surface area contributed by atoms with Crippen LogP contribution in [0.1, 0.15) is 37.7 Å². The van der Waals surface area contributed by atoms with Gasteiger partial charge in [-0.15, -0.1) is 0 Å². The fourth-order valence-corrected chi connectivity index (χ4v) is 3.75. The lowest BCUT2D eigenvalue weighted by atomic mass is 9.90. The molecule has 2 aliphatic rings. The molecule has 1 aliphatic carbocycles. The van der Waals surface area contributed by atoms with Gasteiger partial charge in [0.25, 0.3) is 0 Å². The van der Waals surface area contributed by atoms with E-state index in [-0.39, 0.29) is 12.5 Å². The minimum atomic E-state index is 0.159. The van der Waals surface area contributed by atoms with Crippen LogP contribution in [0.2, 0.25) is 0 Å². The van der Waals surface area contributed by atoms with Gasteiger partial charge in [-0.1, -0.05) is 56.0 Å². The van der Waals surface area contributed by atoms with Crippen LogP contribution in [0.25, 0.3) is 0 Å². The summed E-state index contributed by atoms with van der Waals surface area (Å²) in [4.78, 5) is 14.2. The van der Waals surface area contributed by atoms with Crippen LogP contribution >= 0.6 is 0 Å². The van der Waals surface area contributed by atoms with E-state index in [1.54, 1.807) is 0 Å². The van der Waals surface area contributed by atoms with Crippen molar-refractivity contribution in [2.75, 3.05) is 19.7 Å². The maximum Gasteiger partial charge on any atom is 0.248 e. The van der Waals surface area contributed by atoms with Crippen molar-refractivity contribution in [1.29, 1.82) is 0 Å². The largest absolute Gasteiger partial charge is 0.367 e. The number of rotatable bonds is 5. The second-order valence-corrected chi connectivity index (χ2v) is 6.41. The van der Waals surface area contributed by atoms with E-state index in [2.05, 4.69) is 0 Å². The molecular formula is C18H25NO2. The van der Waals surface area contributed by atoms with Crippen LogP contribution in [0.3, 0.4) is 0 Å². The van der Waals surface area contributed by atoms with Crippen molar-refractivity contribution in [2.24, 2.45) is 11.8 Å². The van der Waals surface area contributed by atoms with E-state index < -0.39 is 0 Å². The van der Waals surface area contributed by atoms with E-state index in [4.69, 9.17) is 4.74 Å². The molecular weight excluding hydrogens is 262 g/mol. The van der Waals surface area contributed by atoms with Crippen LogP contribution in [0.5, 0.6) is 0 Å². The molecule has 1 amide bonds. The highest BCUT2D eigenvalue weighted by atomic mass is 16.5. The number of nitrogens with zero attached hydrogens (tertiary/aromatic N) is 1. The molecule has 2 fully saturated rings. The van der Waals surface area contributed by atoms with Gasteiger partial charge in [0.05, 0.1) is 6.61 Å². The van der Waals surface area contributed by atoms with Gasteiger partial charge in [-0.3, -0.25) is 4.79 Å². The highest BCUT2D eigenvalue weighted by molar-refractivity contribution is 5.77. The summed E-state index contributed by atoms with van der Waals surface area (Å²) in [5.41, 5.74) is 1.12. The molecule has 1 heterocycles. The standard InChI is InChI=1S/C18H25NO2/c20-18(14-21-13-15-6-2-1-3-7-15)19-11-10-17(12-19)16-8-4-5-9-16/h1-3,6-7,16-17H,4-5,8-14H2. The van der Waals surface area contributed by atoms with Crippen LogP contribution < -0.4 is 0 Å². The third-order valence-corrected chi connectivity index (χ3v) is 4.98. The molecule has 1 unspecified atom stereocenters. The van der Waals surface area contributed by atoms with Gasteiger partial charge >= 0.3 is 0 Å². The van der Waals surface area contributed by atoms with Gasteiger partial charge < -0.3 is 9.64 Å². The number of ether oxygens (including phenoxy) is 1. The number of hydrogen-bond acceptors (Lipinski definition) is 2. The van der Waals surface area contributed by atoms with Crippen LogP contribution in [-0.4, -0.2) is 30.5 Å². The Morgan fingerprint density at radius 1 is 1.10 bits per heavy atom. The van der Waals surface area contributed by atoms with Crippen molar-refractivity contribution in [3.63, 3.8) is 0 Å². The normalized spacial score (nSPS) is 22.9. The number of carbonyl (C=O) groups excluding carboxylic acids is 1. The van der Waals surface area contributed by atoms with E-state index in [0.29, 0.717) is 6.61 Å². The Labute approximate surface area is 127 Å². The second-order valence-electron chi connectivity index (χ2n) is 6.41. The lowest BCUT2D eigenvalue weighted by Gasteiger charge is -2.19. The van der Waals surface area contributed by atoms with E-state index in [1.807, 2.05) is 35.2 Å². The number of amides is 1. The molecule has 0 N–H and O–H groups in total. The molecule has 3 rings (SSSR count). The molecule has 3 nitrogen and oxygen atoms in total. The van der Waals surface area contributed by atoms with Crippen LogP contribution in [0.4, 0.5) is 0 Å². The summed E-state index contributed by atoms with van der Waals surface area (Å²) in [6.45, 7) is 2.62. The topological polar surface area (TPSA) is 29.5 Å². The summed E-state index contributed by atoms with van der Waals surface area (Å²) in [7, 11) is 0. The van der Waals surface area contributed by atoms with Gasteiger partial charge in [0.2, 0.25) is 5.91 Å². The van der Waals surface area contributed by atoms with Crippen molar-refractivity contribution >= 4 is 5.91 Å². The zero-order valence-corrected chi connectivity index (χ0v) is 12.7. The second kappa shape index (κ2) is 7.08. The predicted octanol–water partition coefficient (Wildman–Crippen LogP) is 3.24. The summed E-state index contributed by atoms with van der Waals surface area (Å²) in [6.07, 6.45) is 6.70. The number of likely N-dealkylation sites (tertiary alicyclic amines) is 1. The average molecular weight is 287 g/mol. The molecule has 0 spiro atoms. The van der Waals surface area contributed by atoms with E-state index in [0.717, 1.165) is 30.5 Å². The highest BCUT2D eigenvalue weighted by Crippen LogP contribution is 2.36. The van der Waals surface area contributed by atoms with Crippen molar-refractivity contribution < 1.29 is 9.53 Å². The maximum absolute atomic E-state index is 12.2. The minimum absolute atomic E-state index is 0.159. The predicted molar refractivity (Wildman–Crippen MR) is 82.7 cm³/mol. The lowest BCUT2D eigenvalue weighted by Crippen LogP contribution is -2.32. The Kier molecular flexibility index (Phi) is 4.91. The lowest BCUT2D eigenvalue weighted by molar-refractivity contribution is -0.135. The van der Waals surface area contributed by atoms with Gasteiger partial charge in [0.1, 0.15) is 6.61 Å². The fourth-order valence-electron chi connectivity index (χ4n) is 3.75. The first-order valence-electron chi connectivity index (χ1n) is 8.22. The van der Waals surface area contributed by atoms with Crippen molar-refractivity contribution in [3.05, 3.63) is 35.9 Å². The first kappa shape index (κ1) is 14.6. The first-order valence-corrected chi connectivity index (χ1v) is 8.22. The van der Waals surface area contributed by atoms with Gasteiger partial charge in [-0.2, -0.15) is 0 Å². The summed E-state index contributed by atoms with van der Waals surface area (Å²) < 4.78 is 5.56. The summed E-state index contributed by atoms with van der Waals surface area (Å²) in [5.74, 6) is 1.77. The highest BCUT2D eigenvalue weighted by Gasteiger charge is 2.32. The average Bonchev–Trinajstić information content (AvgIpc) is 3.19. The van der Waals surface area contributed by atoms with Crippen molar-refractivity contribution in [3.8, 4) is 0 Å². The maximum atomic E-state index is 12.2. The summed E-state index contributed by atoms with van der Waals surface area (Å²) in [5, 5.41) is 0. The van der Waals surface area contributed by atoms with Gasteiger partial charge in [0.15, 0.2) is 0 Å². The third-order valence-electron chi connectivity index (χ3n) is 4.98. The molecule has 1 aliphatic heterocycles. The molecule has 1 aromatic rings. The monoisotopic (exact) mass is 287 g/mol. The van der Waals surface area contributed by atoms with Gasteiger partial charge in [0, 0.05) is 13.1 Å². The molecule has 0 aromatic heterocycles. The molecule has 114 valence electrons. The quantitative estimate of drug-likeness (QED) is 0.832.